The summed E-state index contributed by atoms with van der Waals surface area (Å²) in [7, 11) is 0. The van der Waals surface area contributed by atoms with Gasteiger partial charge >= 0.3 is 6.18 Å². The highest BCUT2D eigenvalue weighted by Gasteiger charge is 2.37. The molecule has 0 aliphatic heterocycles. The largest absolute Gasteiger partial charge is 0.436 e. The van der Waals surface area contributed by atoms with Gasteiger partial charge in [0, 0.05) is 13.1 Å². The Morgan fingerprint density at radius 3 is 2.65 bits per heavy atom. The van der Waals surface area contributed by atoms with Gasteiger partial charge in [-0.05, 0) is 53.6 Å². The molecule has 0 aliphatic carbocycles. The maximum absolute atomic E-state index is 12.8. The molecular formula is C15H14BrCl2F3N4S. The van der Waals surface area contributed by atoms with Gasteiger partial charge in [0.15, 0.2) is 10.8 Å². The molecule has 0 amide bonds. The number of benzene rings is 1. The van der Waals surface area contributed by atoms with Gasteiger partial charge in [-0.2, -0.15) is 18.3 Å². The number of nitrogens with one attached hydrogen (secondary N) is 2. The van der Waals surface area contributed by atoms with Crippen LogP contribution >= 0.6 is 51.3 Å². The van der Waals surface area contributed by atoms with Crippen molar-refractivity contribution in [3.05, 3.63) is 44.1 Å². The summed E-state index contributed by atoms with van der Waals surface area (Å²) in [4.78, 5) is 0. The lowest BCUT2D eigenvalue weighted by atomic mass is 10.3. The van der Waals surface area contributed by atoms with Gasteiger partial charge in [0.2, 0.25) is 0 Å². The fourth-order valence-corrected chi connectivity index (χ4v) is 3.19. The van der Waals surface area contributed by atoms with Gasteiger partial charge in [-0.1, -0.05) is 29.3 Å². The van der Waals surface area contributed by atoms with Crippen LogP contribution in [0.25, 0.3) is 0 Å². The predicted molar refractivity (Wildman–Crippen MR) is 105 cm³/mol. The lowest BCUT2D eigenvalue weighted by Gasteiger charge is -2.12. The molecule has 2 N–H and O–H groups in total. The van der Waals surface area contributed by atoms with Crippen LogP contribution in [0.1, 0.15) is 17.8 Å². The summed E-state index contributed by atoms with van der Waals surface area (Å²) in [6.07, 6.45) is -3.97. The van der Waals surface area contributed by atoms with E-state index in [2.05, 4.69) is 31.7 Å². The number of thiocarbonyl (C=S) groups is 1. The van der Waals surface area contributed by atoms with Crippen LogP contribution in [0.5, 0.6) is 0 Å². The minimum absolute atomic E-state index is 0.0363. The van der Waals surface area contributed by atoms with Gasteiger partial charge < -0.3 is 10.6 Å². The number of hydrogen-bond donors (Lipinski definition) is 2. The molecule has 0 saturated heterocycles. The van der Waals surface area contributed by atoms with Crippen LogP contribution in [0.2, 0.25) is 10.0 Å². The van der Waals surface area contributed by atoms with Gasteiger partial charge in [0.05, 0.1) is 25.9 Å². The molecule has 0 saturated carbocycles. The SMILES string of the molecule is Cc1c(Br)c(C(F)(F)F)nn1CCCNC(=S)Nc1cccc(Cl)c1Cl. The van der Waals surface area contributed by atoms with E-state index in [1.807, 2.05) is 0 Å². The third kappa shape index (κ3) is 5.25. The molecule has 4 nitrogen and oxygen atoms in total. The summed E-state index contributed by atoms with van der Waals surface area (Å²) in [6, 6.07) is 5.12. The average molecular weight is 490 g/mol. The van der Waals surface area contributed by atoms with Gasteiger partial charge in [0.25, 0.3) is 0 Å². The van der Waals surface area contributed by atoms with Crippen LogP contribution in [0.15, 0.2) is 22.7 Å². The van der Waals surface area contributed by atoms with E-state index >= 15 is 0 Å². The first-order chi connectivity index (χ1) is 12.1. The van der Waals surface area contributed by atoms with E-state index in [9.17, 15) is 13.2 Å². The van der Waals surface area contributed by atoms with Crippen molar-refractivity contribution in [1.82, 2.24) is 15.1 Å². The first kappa shape index (κ1) is 21.3. The summed E-state index contributed by atoms with van der Waals surface area (Å²) >= 11 is 20.1. The molecule has 1 aromatic heterocycles. The second kappa shape index (κ2) is 8.77. The lowest BCUT2D eigenvalue weighted by Crippen LogP contribution is -2.30. The third-order valence-electron chi connectivity index (χ3n) is 3.43. The minimum atomic E-state index is -4.49. The topological polar surface area (TPSA) is 41.9 Å². The Morgan fingerprint density at radius 2 is 2.04 bits per heavy atom. The van der Waals surface area contributed by atoms with Crippen LogP contribution in [0, 0.1) is 6.92 Å². The van der Waals surface area contributed by atoms with Crippen molar-refractivity contribution in [2.75, 3.05) is 11.9 Å². The average Bonchev–Trinajstić information content (AvgIpc) is 2.84. The zero-order chi connectivity index (χ0) is 19.5. The normalized spacial score (nSPS) is 11.5. The second-order valence-electron chi connectivity index (χ2n) is 5.30. The molecule has 0 bridgehead atoms. The van der Waals surface area contributed by atoms with Crippen molar-refractivity contribution >= 4 is 62.1 Å². The molecular weight excluding hydrogens is 476 g/mol. The van der Waals surface area contributed by atoms with E-state index in [-0.39, 0.29) is 4.47 Å². The number of halogens is 6. The Kier molecular flexibility index (Phi) is 7.18. The summed E-state index contributed by atoms with van der Waals surface area (Å²) in [6.45, 7) is 2.34. The summed E-state index contributed by atoms with van der Waals surface area (Å²) in [5, 5.41) is 10.6. The van der Waals surface area contributed by atoms with E-state index in [1.165, 1.54) is 4.68 Å². The maximum atomic E-state index is 12.8. The molecule has 1 aromatic carbocycles. The number of hydrogen-bond acceptors (Lipinski definition) is 2. The summed E-state index contributed by atoms with van der Waals surface area (Å²) in [5.41, 5.74) is 0.0674. The molecule has 0 unspecified atom stereocenters. The summed E-state index contributed by atoms with van der Waals surface area (Å²) < 4.78 is 39.8. The Balaban J connectivity index is 1.85. The number of rotatable bonds is 5. The van der Waals surface area contributed by atoms with Crippen LogP contribution in [0.4, 0.5) is 18.9 Å². The molecule has 11 heteroatoms. The Hall–Kier alpha value is -1.03. The van der Waals surface area contributed by atoms with Gasteiger partial charge in [0.1, 0.15) is 0 Å². The fourth-order valence-electron chi connectivity index (χ4n) is 2.12. The first-order valence-corrected chi connectivity index (χ1v) is 9.36. The zero-order valence-corrected chi connectivity index (χ0v) is 17.3. The molecule has 0 radical (unpaired) electrons. The molecule has 0 fully saturated rings. The molecule has 2 aromatic rings. The van der Waals surface area contributed by atoms with Crippen molar-refractivity contribution in [3.8, 4) is 0 Å². The molecule has 0 aliphatic rings. The lowest BCUT2D eigenvalue weighted by molar-refractivity contribution is -0.142. The smallest absolute Gasteiger partial charge is 0.362 e. The molecule has 0 atom stereocenters. The van der Waals surface area contributed by atoms with Crippen LogP contribution in [0.3, 0.4) is 0 Å². The Bertz CT molecular complexity index is 811. The highest BCUT2D eigenvalue weighted by atomic mass is 79.9. The fraction of sp³-hybridized carbons (Fsp3) is 0.333. The quantitative estimate of drug-likeness (QED) is 0.420. The van der Waals surface area contributed by atoms with E-state index in [1.54, 1.807) is 25.1 Å². The van der Waals surface area contributed by atoms with Gasteiger partial charge in [-0.15, -0.1) is 0 Å². The van der Waals surface area contributed by atoms with Crippen molar-refractivity contribution in [2.24, 2.45) is 0 Å². The van der Waals surface area contributed by atoms with E-state index < -0.39 is 11.9 Å². The summed E-state index contributed by atoms with van der Waals surface area (Å²) in [5.74, 6) is 0. The molecule has 1 heterocycles. The monoisotopic (exact) mass is 488 g/mol. The maximum Gasteiger partial charge on any atom is 0.436 e. The van der Waals surface area contributed by atoms with Crippen molar-refractivity contribution in [2.45, 2.75) is 26.1 Å². The van der Waals surface area contributed by atoms with Crippen molar-refractivity contribution < 1.29 is 13.2 Å². The third-order valence-corrected chi connectivity index (χ3v) is 5.45. The first-order valence-electron chi connectivity index (χ1n) is 7.40. The van der Waals surface area contributed by atoms with E-state index in [0.29, 0.717) is 46.0 Å². The highest BCUT2D eigenvalue weighted by Crippen LogP contribution is 2.35. The molecule has 0 spiro atoms. The minimum Gasteiger partial charge on any atom is -0.362 e. The van der Waals surface area contributed by atoms with Crippen LogP contribution in [-0.4, -0.2) is 21.4 Å². The van der Waals surface area contributed by atoms with E-state index in [0.717, 1.165) is 0 Å². The van der Waals surface area contributed by atoms with Crippen molar-refractivity contribution in [1.29, 1.82) is 0 Å². The number of aromatic nitrogens is 2. The second-order valence-corrected chi connectivity index (χ2v) is 7.29. The molecule has 2 rings (SSSR count). The van der Waals surface area contributed by atoms with Gasteiger partial charge in [-0.25, -0.2) is 0 Å². The van der Waals surface area contributed by atoms with Gasteiger partial charge in [-0.3, -0.25) is 4.68 Å². The standard InChI is InChI=1S/C15H14BrCl2F3N4S/c1-8-11(16)13(15(19,20)21)24-25(8)7-3-6-22-14(26)23-10-5-2-4-9(17)12(10)18/h2,4-5H,3,6-7H2,1H3,(H2,22,23,26). The number of aryl methyl sites for hydroxylation is 1. The van der Waals surface area contributed by atoms with Crippen LogP contribution in [-0.2, 0) is 12.7 Å². The number of alkyl halides is 3. The molecule has 26 heavy (non-hydrogen) atoms. The Morgan fingerprint density at radius 1 is 1.35 bits per heavy atom. The van der Waals surface area contributed by atoms with Crippen LogP contribution < -0.4 is 10.6 Å². The van der Waals surface area contributed by atoms with E-state index in [4.69, 9.17) is 35.4 Å². The predicted octanol–water partition coefficient (Wildman–Crippen LogP) is 5.66. The molecule has 142 valence electrons. The highest BCUT2D eigenvalue weighted by molar-refractivity contribution is 9.10. The number of nitrogens with zero attached hydrogens (tertiary/aromatic N) is 2. The van der Waals surface area contributed by atoms with Crippen molar-refractivity contribution in [3.63, 3.8) is 0 Å². The Labute approximate surface area is 172 Å². The number of anilines is 1. The zero-order valence-electron chi connectivity index (χ0n) is 13.4.